The van der Waals surface area contributed by atoms with Crippen molar-refractivity contribution in [3.05, 3.63) is 0 Å². The summed E-state index contributed by atoms with van der Waals surface area (Å²) in [6, 6.07) is -1.83. The molecule has 2 atom stereocenters. The van der Waals surface area contributed by atoms with Gasteiger partial charge in [-0.3, -0.25) is 9.59 Å². The quantitative estimate of drug-likeness (QED) is 0.262. The van der Waals surface area contributed by atoms with Crippen molar-refractivity contribution in [2.45, 2.75) is 37.8 Å². The molecule has 0 heterocycles. The van der Waals surface area contributed by atoms with Gasteiger partial charge >= 0.3 is 23.9 Å². The van der Waals surface area contributed by atoms with E-state index in [-0.39, 0.29) is 42.5 Å². The maximum atomic E-state index is 10.1. The van der Waals surface area contributed by atoms with Crippen LogP contribution in [0.4, 0.5) is 0 Å². The van der Waals surface area contributed by atoms with Crippen LogP contribution < -0.4 is 11.5 Å². The van der Waals surface area contributed by atoms with Gasteiger partial charge in [-0.15, -0.1) is 0 Å². The number of nitrogens with two attached hydrogens (primary N) is 1. The fourth-order valence-electron chi connectivity index (χ4n) is 0.829. The number of hydrogen-bond acceptors (Lipinski definition) is 4. The van der Waals surface area contributed by atoms with E-state index >= 15 is 0 Å². The average Bonchev–Trinajstić information content (AvgIpc) is 2.33. The zero-order valence-electron chi connectivity index (χ0n) is 11.1. The predicted molar refractivity (Wildman–Crippen MR) is 65.6 cm³/mol. The van der Waals surface area contributed by atoms with Crippen molar-refractivity contribution in [3.8, 4) is 0 Å². The number of aliphatic hydroxyl groups excluding tert-OH is 1. The van der Waals surface area contributed by atoms with E-state index in [2.05, 4.69) is 5.73 Å². The topological polar surface area (TPSA) is 207 Å². The zero-order chi connectivity index (χ0) is 16.3. The van der Waals surface area contributed by atoms with Gasteiger partial charge in [0.2, 0.25) is 0 Å². The number of carboxylic acid groups (broad SMARTS) is 4. The molecule has 21 heavy (non-hydrogen) atoms. The second-order valence-electron chi connectivity index (χ2n) is 3.87. The first-order valence-electron chi connectivity index (χ1n) is 5.57. The summed E-state index contributed by atoms with van der Waals surface area (Å²) < 4.78 is 0. The number of aliphatic carboxylic acids is 4. The van der Waals surface area contributed by atoms with Crippen LogP contribution in [0.25, 0.3) is 0 Å². The first-order valence-corrected chi connectivity index (χ1v) is 5.57. The molecule has 1 radical (unpaired) electrons. The van der Waals surface area contributed by atoms with Gasteiger partial charge in [-0.2, -0.15) is 0 Å². The fourth-order valence-corrected chi connectivity index (χ4v) is 0.829. The summed E-state index contributed by atoms with van der Waals surface area (Å²) in [4.78, 5) is 38.2. The molecular weight excluding hydrogens is 335 g/mol. The molecule has 0 aliphatic heterocycles. The Hall–Kier alpha value is -1.69. The summed E-state index contributed by atoms with van der Waals surface area (Å²) in [5, 5.41) is 32.8. The van der Waals surface area contributed by atoms with E-state index in [9.17, 15) is 14.4 Å². The second-order valence-corrected chi connectivity index (χ2v) is 3.87. The average molecular weight is 355 g/mol. The van der Waals surface area contributed by atoms with Crippen molar-refractivity contribution in [2.75, 3.05) is 0 Å². The van der Waals surface area contributed by atoms with Gasteiger partial charge in [0.05, 0.1) is 0 Å². The Kier molecular flexibility index (Phi) is 15.4. The van der Waals surface area contributed by atoms with Crippen molar-refractivity contribution < 1.29 is 62.1 Å². The number of carbonyl (C=O) groups is 3. The molecule has 0 rings (SSSR count). The summed E-state index contributed by atoms with van der Waals surface area (Å²) in [6.07, 6.45) is -0.101. The van der Waals surface area contributed by atoms with Crippen LogP contribution in [0, 0.1) is 0 Å². The van der Waals surface area contributed by atoms with Crippen LogP contribution in [0.15, 0.2) is 0 Å². The number of hydrogen-bond donors (Lipinski definition) is 6. The van der Waals surface area contributed by atoms with E-state index in [1.54, 1.807) is 0 Å². The smallest absolute Gasteiger partial charge is 0.480 e. The van der Waals surface area contributed by atoms with Crippen LogP contribution in [-0.4, -0.2) is 61.2 Å². The summed E-state index contributed by atoms with van der Waals surface area (Å²) in [7, 11) is 0. The third kappa shape index (κ3) is 18.3. The molecule has 10 N–H and O–H groups in total. The fraction of sp³-hybridized carbons (Fsp3) is 0.600. The molecule has 0 unspecified atom stereocenters. The van der Waals surface area contributed by atoms with E-state index in [1.165, 1.54) is 0 Å². The maximum Gasteiger partial charge on any atom is 0.480 e. The van der Waals surface area contributed by atoms with E-state index in [1.807, 2.05) is 0 Å². The van der Waals surface area contributed by atoms with Gasteiger partial charge in [-0.25, -0.2) is 4.79 Å². The Morgan fingerprint density at radius 3 is 1.76 bits per heavy atom. The van der Waals surface area contributed by atoms with Gasteiger partial charge in [-0.05, 0) is 6.42 Å². The third-order valence-corrected chi connectivity index (χ3v) is 2.05. The van der Waals surface area contributed by atoms with Crippen LogP contribution in [0.1, 0.15) is 25.7 Å². The molecule has 0 aliphatic rings. The van der Waals surface area contributed by atoms with Crippen molar-refractivity contribution in [3.63, 3.8) is 0 Å². The minimum Gasteiger partial charge on any atom is -0.481 e. The second kappa shape index (κ2) is 13.3. The molecule has 0 saturated heterocycles. The Balaban J connectivity index is -0.000000295. The van der Waals surface area contributed by atoms with E-state index in [4.69, 9.17) is 31.0 Å². The van der Waals surface area contributed by atoms with Gasteiger partial charge in [0.15, 0.2) is 6.04 Å². The molecule has 0 aliphatic carbocycles. The molecular formula is C10H20CoN2O8+2. The normalized spacial score (nSPS) is 11.9. The number of rotatable bonds is 8. The van der Waals surface area contributed by atoms with Crippen LogP contribution in [-0.2, 0) is 31.2 Å². The Morgan fingerprint density at radius 1 is 1.00 bits per heavy atom. The van der Waals surface area contributed by atoms with Crippen molar-refractivity contribution in [1.29, 1.82) is 0 Å². The summed E-state index contributed by atoms with van der Waals surface area (Å²) in [5.74, 6) is -3.96. The van der Waals surface area contributed by atoms with Gasteiger partial charge < -0.3 is 36.7 Å². The molecule has 0 aromatic carbocycles. The first-order chi connectivity index (χ1) is 9.07. The minimum atomic E-state index is -1.17. The van der Waals surface area contributed by atoms with Crippen molar-refractivity contribution >= 4 is 23.9 Å². The Labute approximate surface area is 130 Å². The van der Waals surface area contributed by atoms with E-state index in [0.29, 0.717) is 0 Å². The SMILES string of the molecule is N[C@@H](CCC(=O)O)C(=O)O.[Co].[NH3+][C@@H](CCC(O)=[OH+])C(=O)O. The Bertz CT molecular complexity index is 329. The number of carboxylic acids is 4. The molecule has 0 saturated carbocycles. The van der Waals surface area contributed by atoms with Crippen LogP contribution in [0.3, 0.4) is 0 Å². The van der Waals surface area contributed by atoms with E-state index in [0.717, 1.165) is 0 Å². The molecule has 0 bridgehead atoms. The largest absolute Gasteiger partial charge is 0.481 e. The van der Waals surface area contributed by atoms with Crippen molar-refractivity contribution in [1.82, 2.24) is 0 Å². The zero-order valence-corrected chi connectivity index (χ0v) is 12.1. The minimum absolute atomic E-state index is 0. The molecule has 0 spiro atoms. The molecule has 0 aromatic rings. The molecule has 0 aromatic heterocycles. The van der Waals surface area contributed by atoms with Crippen LogP contribution in [0.2, 0.25) is 0 Å². The van der Waals surface area contributed by atoms with Gasteiger partial charge in [0.25, 0.3) is 0 Å². The maximum absolute atomic E-state index is 10.1. The molecule has 10 nitrogen and oxygen atoms in total. The molecule has 11 heteroatoms. The van der Waals surface area contributed by atoms with Crippen LogP contribution >= 0.6 is 0 Å². The van der Waals surface area contributed by atoms with Crippen molar-refractivity contribution in [2.24, 2.45) is 5.73 Å². The molecule has 125 valence electrons. The van der Waals surface area contributed by atoms with Crippen LogP contribution in [0.5, 0.6) is 0 Å². The van der Waals surface area contributed by atoms with Gasteiger partial charge in [0.1, 0.15) is 12.5 Å². The van der Waals surface area contributed by atoms with Gasteiger partial charge in [0, 0.05) is 29.6 Å². The molecule has 0 amide bonds. The number of quaternary nitrogens is 1. The van der Waals surface area contributed by atoms with E-state index < -0.39 is 36.0 Å². The van der Waals surface area contributed by atoms with Gasteiger partial charge in [-0.1, -0.05) is 0 Å². The Morgan fingerprint density at radius 2 is 1.48 bits per heavy atom. The predicted octanol–water partition coefficient (Wildman–Crippen LogP) is -2.22. The standard InChI is InChI=1S/2C5H9NO4.Co/c2*6-3(5(9)10)1-2-4(7)8;/h2*3H,1-2,6H2,(H,7,8)(H,9,10);/p+2/t2*3-;/m00./s1. The molecule has 0 fully saturated rings. The summed E-state index contributed by atoms with van der Waals surface area (Å²) in [5.41, 5.74) is 8.28. The summed E-state index contributed by atoms with van der Waals surface area (Å²) >= 11 is 0. The first kappa shape index (κ1) is 24.3. The summed E-state index contributed by atoms with van der Waals surface area (Å²) in [6.45, 7) is 0. The monoisotopic (exact) mass is 355 g/mol. The third-order valence-electron chi connectivity index (χ3n) is 2.05.